The minimum atomic E-state index is -0.823. The van der Waals surface area contributed by atoms with Crippen LogP contribution in [0.25, 0.3) is 6.08 Å². The highest BCUT2D eigenvalue weighted by atomic mass is 16.5. The van der Waals surface area contributed by atoms with Gasteiger partial charge in [0.15, 0.2) is 6.61 Å². The van der Waals surface area contributed by atoms with Crippen molar-refractivity contribution in [3.05, 3.63) is 95.6 Å². The molecule has 8 heteroatoms. The Kier molecular flexibility index (Phi) is 6.49. The number of nitrogens with one attached hydrogen (secondary N) is 2. The highest BCUT2D eigenvalue weighted by Crippen LogP contribution is 2.25. The van der Waals surface area contributed by atoms with E-state index in [1.165, 1.54) is 6.08 Å². The fourth-order valence-corrected chi connectivity index (χ4v) is 3.33. The Labute approximate surface area is 195 Å². The summed E-state index contributed by atoms with van der Waals surface area (Å²) in [7, 11) is 0. The molecule has 0 radical (unpaired) electrons. The zero-order valence-electron chi connectivity index (χ0n) is 18.3. The predicted octanol–water partition coefficient (Wildman–Crippen LogP) is 3.68. The Hall–Kier alpha value is -4.72. The van der Waals surface area contributed by atoms with Crippen LogP contribution in [0.2, 0.25) is 0 Å². The van der Waals surface area contributed by atoms with E-state index in [2.05, 4.69) is 10.6 Å². The van der Waals surface area contributed by atoms with Crippen LogP contribution >= 0.6 is 0 Å². The lowest BCUT2D eigenvalue weighted by Gasteiger charge is -2.26. The number of anilines is 2. The van der Waals surface area contributed by atoms with Crippen LogP contribution in [0.5, 0.6) is 5.75 Å². The zero-order chi connectivity index (χ0) is 24.1. The molecule has 0 saturated carbocycles. The van der Waals surface area contributed by atoms with Gasteiger partial charge in [-0.05, 0) is 43.3 Å². The van der Waals surface area contributed by atoms with Gasteiger partial charge in [-0.3, -0.25) is 19.7 Å². The fraction of sp³-hybridized carbons (Fsp3) is 0.0769. The maximum absolute atomic E-state index is 13.0. The maximum atomic E-state index is 13.0. The number of benzene rings is 3. The second-order valence-electron chi connectivity index (χ2n) is 7.53. The quantitative estimate of drug-likeness (QED) is 0.436. The lowest BCUT2D eigenvalue weighted by molar-refractivity contribution is -0.122. The van der Waals surface area contributed by atoms with E-state index < -0.39 is 17.8 Å². The predicted molar refractivity (Wildman–Crippen MR) is 127 cm³/mol. The molecule has 0 aliphatic carbocycles. The van der Waals surface area contributed by atoms with E-state index in [0.29, 0.717) is 22.7 Å². The summed E-state index contributed by atoms with van der Waals surface area (Å²) in [5, 5.41) is 4.92. The summed E-state index contributed by atoms with van der Waals surface area (Å²) in [6.45, 7) is 1.68. The van der Waals surface area contributed by atoms with E-state index in [4.69, 9.17) is 4.74 Å². The molecule has 2 N–H and O–H groups in total. The third kappa shape index (κ3) is 5.02. The van der Waals surface area contributed by atoms with Crippen molar-refractivity contribution in [2.75, 3.05) is 16.8 Å². The molecule has 8 nitrogen and oxygen atoms in total. The molecular weight excluding hydrogens is 434 g/mol. The number of carbonyl (C=O) groups is 4. The molecule has 1 aliphatic heterocycles. The summed E-state index contributed by atoms with van der Waals surface area (Å²) in [4.78, 5) is 51.0. The lowest BCUT2D eigenvalue weighted by Crippen LogP contribution is -2.54. The molecule has 0 bridgehead atoms. The second-order valence-corrected chi connectivity index (χ2v) is 7.53. The number of amides is 5. The van der Waals surface area contributed by atoms with E-state index in [1.807, 2.05) is 19.1 Å². The molecule has 34 heavy (non-hydrogen) atoms. The molecule has 0 atom stereocenters. The largest absolute Gasteiger partial charge is 0.483 e. The average Bonchev–Trinajstić information content (AvgIpc) is 2.83. The zero-order valence-corrected chi connectivity index (χ0v) is 18.3. The minimum absolute atomic E-state index is 0.233. The third-order valence-corrected chi connectivity index (χ3v) is 5.03. The van der Waals surface area contributed by atoms with Gasteiger partial charge in [0.1, 0.15) is 11.3 Å². The van der Waals surface area contributed by atoms with Crippen LogP contribution in [0.15, 0.2) is 84.4 Å². The minimum Gasteiger partial charge on any atom is -0.483 e. The van der Waals surface area contributed by atoms with Gasteiger partial charge in [0.05, 0.1) is 5.69 Å². The average molecular weight is 455 g/mol. The Bertz CT molecular complexity index is 1280. The second kappa shape index (κ2) is 9.83. The van der Waals surface area contributed by atoms with Crippen molar-refractivity contribution in [3.8, 4) is 5.75 Å². The van der Waals surface area contributed by atoms with E-state index in [1.54, 1.807) is 66.7 Å². The monoisotopic (exact) mass is 455 g/mol. The molecular formula is C26H21N3O5. The highest BCUT2D eigenvalue weighted by molar-refractivity contribution is 6.39. The van der Waals surface area contributed by atoms with Gasteiger partial charge < -0.3 is 10.1 Å². The first kappa shape index (κ1) is 22.5. The lowest BCUT2D eigenvalue weighted by atomic mass is 10.1. The van der Waals surface area contributed by atoms with Gasteiger partial charge in [-0.1, -0.05) is 54.1 Å². The first-order chi connectivity index (χ1) is 16.4. The van der Waals surface area contributed by atoms with Crippen molar-refractivity contribution in [1.82, 2.24) is 5.32 Å². The van der Waals surface area contributed by atoms with E-state index in [9.17, 15) is 19.2 Å². The third-order valence-electron chi connectivity index (χ3n) is 5.03. The number of imide groups is 2. The van der Waals surface area contributed by atoms with Crippen molar-refractivity contribution in [1.29, 1.82) is 0 Å². The molecule has 1 aliphatic rings. The summed E-state index contributed by atoms with van der Waals surface area (Å²) >= 11 is 0. The van der Waals surface area contributed by atoms with Crippen molar-refractivity contribution < 1.29 is 23.9 Å². The first-order valence-electron chi connectivity index (χ1n) is 10.5. The van der Waals surface area contributed by atoms with Crippen molar-refractivity contribution in [3.63, 3.8) is 0 Å². The Balaban J connectivity index is 1.53. The van der Waals surface area contributed by atoms with Crippen molar-refractivity contribution in [2.45, 2.75) is 6.92 Å². The van der Waals surface area contributed by atoms with Crippen molar-refractivity contribution >= 4 is 41.2 Å². The molecule has 3 aromatic rings. The Morgan fingerprint density at radius 3 is 2.35 bits per heavy atom. The number of hydrogen-bond acceptors (Lipinski definition) is 5. The van der Waals surface area contributed by atoms with E-state index in [-0.39, 0.29) is 18.1 Å². The molecule has 1 heterocycles. The smallest absolute Gasteiger partial charge is 0.335 e. The van der Waals surface area contributed by atoms with Crippen LogP contribution < -0.4 is 20.3 Å². The Morgan fingerprint density at radius 2 is 1.62 bits per heavy atom. The van der Waals surface area contributed by atoms with Gasteiger partial charge in [-0.2, -0.15) is 0 Å². The van der Waals surface area contributed by atoms with E-state index >= 15 is 0 Å². The number of urea groups is 1. The van der Waals surface area contributed by atoms with Crippen LogP contribution in [-0.4, -0.2) is 30.4 Å². The number of ether oxygens (including phenoxy) is 1. The number of barbiturate groups is 1. The molecule has 4 rings (SSSR count). The number of hydrogen-bond donors (Lipinski definition) is 2. The normalized spacial score (nSPS) is 14.7. The summed E-state index contributed by atoms with van der Waals surface area (Å²) < 4.78 is 5.66. The standard InChI is InChI=1S/C26H21N3O5/c1-17-11-13-19(14-12-17)27-23(30)16-34-22-10-6-5-7-18(22)15-21-24(31)28-26(33)29(25(21)32)20-8-3-2-4-9-20/h2-15H,16H2,1H3,(H,27,30)(H,28,31,33)/b21-15+. The first-order valence-corrected chi connectivity index (χ1v) is 10.5. The van der Waals surface area contributed by atoms with Crippen LogP contribution in [0.1, 0.15) is 11.1 Å². The number of nitrogens with zero attached hydrogens (tertiary/aromatic N) is 1. The molecule has 3 aromatic carbocycles. The molecule has 0 unspecified atom stereocenters. The molecule has 1 saturated heterocycles. The van der Waals surface area contributed by atoms with Gasteiger partial charge in [-0.15, -0.1) is 0 Å². The molecule has 5 amide bonds. The van der Waals surface area contributed by atoms with Gasteiger partial charge in [-0.25, -0.2) is 9.69 Å². The molecule has 0 aromatic heterocycles. The van der Waals surface area contributed by atoms with E-state index in [0.717, 1.165) is 10.5 Å². The topological polar surface area (TPSA) is 105 Å². The molecule has 170 valence electrons. The highest BCUT2D eigenvalue weighted by Gasteiger charge is 2.36. The van der Waals surface area contributed by atoms with Crippen molar-refractivity contribution in [2.24, 2.45) is 0 Å². The van der Waals surface area contributed by atoms with Crippen LogP contribution in [0.3, 0.4) is 0 Å². The van der Waals surface area contributed by atoms with Gasteiger partial charge in [0.2, 0.25) is 0 Å². The fourth-order valence-electron chi connectivity index (χ4n) is 3.33. The molecule has 1 fully saturated rings. The Morgan fingerprint density at radius 1 is 0.941 bits per heavy atom. The number of para-hydroxylation sites is 2. The summed E-state index contributed by atoms with van der Waals surface area (Å²) in [6.07, 6.45) is 1.34. The summed E-state index contributed by atoms with van der Waals surface area (Å²) in [6, 6.07) is 21.5. The number of aryl methyl sites for hydroxylation is 1. The van der Waals surface area contributed by atoms with Crippen LogP contribution in [0, 0.1) is 6.92 Å². The van der Waals surface area contributed by atoms with Crippen LogP contribution in [-0.2, 0) is 14.4 Å². The number of carbonyl (C=O) groups excluding carboxylic acids is 4. The molecule has 0 spiro atoms. The summed E-state index contributed by atoms with van der Waals surface area (Å²) in [5.41, 5.74) is 2.23. The van der Waals surface area contributed by atoms with Crippen LogP contribution in [0.4, 0.5) is 16.2 Å². The summed E-state index contributed by atoms with van der Waals surface area (Å²) in [5.74, 6) is -1.63. The van der Waals surface area contributed by atoms with Gasteiger partial charge >= 0.3 is 6.03 Å². The maximum Gasteiger partial charge on any atom is 0.335 e. The SMILES string of the molecule is Cc1ccc(NC(=O)COc2ccccc2/C=C2\C(=O)NC(=O)N(c3ccccc3)C2=O)cc1. The van der Waals surface area contributed by atoms with Gasteiger partial charge in [0.25, 0.3) is 17.7 Å². The number of rotatable bonds is 6. The van der Waals surface area contributed by atoms with Gasteiger partial charge in [0, 0.05) is 11.3 Å².